The lowest BCUT2D eigenvalue weighted by atomic mass is 10.1. The molecule has 4 heterocycles. The van der Waals surface area contributed by atoms with Gasteiger partial charge in [-0.1, -0.05) is 6.07 Å². The van der Waals surface area contributed by atoms with Crippen LogP contribution in [0.5, 0.6) is 0 Å². The third kappa shape index (κ3) is 3.29. The van der Waals surface area contributed by atoms with Gasteiger partial charge in [0.1, 0.15) is 17.6 Å². The quantitative estimate of drug-likeness (QED) is 0.564. The second-order valence-electron chi connectivity index (χ2n) is 7.28. The molecular weight excluding hydrogens is 378 g/mol. The zero-order valence-corrected chi connectivity index (χ0v) is 16.6. The number of imidazole rings is 1. The molecule has 1 aliphatic heterocycles. The summed E-state index contributed by atoms with van der Waals surface area (Å²) in [5, 5.41) is 13.6. The van der Waals surface area contributed by atoms with Crippen LogP contribution in [0.4, 0.5) is 11.5 Å². The summed E-state index contributed by atoms with van der Waals surface area (Å²) in [6.45, 7) is 5.23. The van der Waals surface area contributed by atoms with Gasteiger partial charge in [-0.2, -0.15) is 10.2 Å². The fraction of sp³-hybridized carbons (Fsp3) is 0.273. The van der Waals surface area contributed by atoms with Gasteiger partial charge < -0.3 is 15.0 Å². The lowest BCUT2D eigenvalue weighted by Crippen LogP contribution is -2.36. The van der Waals surface area contributed by atoms with Crippen LogP contribution in [0.25, 0.3) is 16.7 Å². The Morgan fingerprint density at radius 2 is 2.03 bits per heavy atom. The van der Waals surface area contributed by atoms with Crippen molar-refractivity contribution in [3.8, 4) is 6.07 Å². The van der Waals surface area contributed by atoms with E-state index in [0.717, 1.165) is 54.4 Å². The summed E-state index contributed by atoms with van der Waals surface area (Å²) in [6, 6.07) is 13.8. The lowest BCUT2D eigenvalue weighted by molar-refractivity contribution is 0.122. The largest absolute Gasteiger partial charge is 0.378 e. The minimum atomic E-state index is -0.126. The predicted molar refractivity (Wildman–Crippen MR) is 115 cm³/mol. The minimum Gasteiger partial charge on any atom is -0.378 e. The van der Waals surface area contributed by atoms with E-state index in [1.807, 2.05) is 29.7 Å². The number of pyridine rings is 1. The van der Waals surface area contributed by atoms with E-state index in [4.69, 9.17) is 15.0 Å². The number of anilines is 2. The number of ether oxygens (including phenoxy) is 1. The summed E-state index contributed by atoms with van der Waals surface area (Å²) in [7, 11) is 0. The molecule has 1 aromatic carbocycles. The first-order valence-electron chi connectivity index (χ1n) is 9.96. The summed E-state index contributed by atoms with van der Waals surface area (Å²) in [5.41, 5.74) is 3.36. The van der Waals surface area contributed by atoms with Gasteiger partial charge >= 0.3 is 0 Å². The van der Waals surface area contributed by atoms with Gasteiger partial charge in [0.15, 0.2) is 0 Å². The number of aromatic nitrogens is 4. The first kappa shape index (κ1) is 18.3. The number of nitrogens with one attached hydrogen (secondary N) is 1. The summed E-state index contributed by atoms with van der Waals surface area (Å²) in [6.07, 6.45) is 3.67. The summed E-state index contributed by atoms with van der Waals surface area (Å²) in [4.78, 5) is 15.9. The zero-order chi connectivity index (χ0) is 20.5. The van der Waals surface area contributed by atoms with E-state index in [0.29, 0.717) is 11.5 Å². The molecule has 0 aliphatic carbocycles. The SMILES string of the molecule is CC(Nc1nc2nccn2c2ccc(N3CCOCC3)cc12)c1cccc(C#N)n1. The Labute approximate surface area is 173 Å². The molecule has 5 rings (SSSR count). The van der Waals surface area contributed by atoms with Crippen molar-refractivity contribution >= 4 is 28.2 Å². The molecule has 30 heavy (non-hydrogen) atoms. The first-order valence-corrected chi connectivity index (χ1v) is 9.96. The Kier molecular flexibility index (Phi) is 4.65. The summed E-state index contributed by atoms with van der Waals surface area (Å²) in [5.74, 6) is 1.38. The third-order valence-corrected chi connectivity index (χ3v) is 5.39. The maximum atomic E-state index is 9.15. The lowest BCUT2D eigenvalue weighted by Gasteiger charge is -2.29. The molecule has 1 N–H and O–H groups in total. The highest BCUT2D eigenvalue weighted by atomic mass is 16.5. The second kappa shape index (κ2) is 7.61. The van der Waals surface area contributed by atoms with Gasteiger partial charge in [-0.25, -0.2) is 9.97 Å². The topological polar surface area (TPSA) is 91.4 Å². The average molecular weight is 399 g/mol. The molecule has 8 heteroatoms. The van der Waals surface area contributed by atoms with E-state index in [9.17, 15) is 0 Å². The minimum absolute atomic E-state index is 0.126. The van der Waals surface area contributed by atoms with Gasteiger partial charge in [0.2, 0.25) is 5.78 Å². The molecule has 0 saturated carbocycles. The van der Waals surface area contributed by atoms with Gasteiger partial charge in [-0.15, -0.1) is 0 Å². The van der Waals surface area contributed by atoms with E-state index < -0.39 is 0 Å². The predicted octanol–water partition coefficient (Wildman–Crippen LogP) is 3.16. The maximum absolute atomic E-state index is 9.15. The Morgan fingerprint density at radius 1 is 1.17 bits per heavy atom. The fourth-order valence-corrected chi connectivity index (χ4v) is 3.81. The van der Waals surface area contributed by atoms with Gasteiger partial charge in [0.25, 0.3) is 0 Å². The number of hydrogen-bond acceptors (Lipinski definition) is 7. The van der Waals surface area contributed by atoms with Crippen LogP contribution in [-0.4, -0.2) is 45.7 Å². The molecule has 150 valence electrons. The van der Waals surface area contributed by atoms with Crippen molar-refractivity contribution in [2.45, 2.75) is 13.0 Å². The monoisotopic (exact) mass is 399 g/mol. The van der Waals surface area contributed by atoms with Gasteiger partial charge in [0, 0.05) is 36.6 Å². The van der Waals surface area contributed by atoms with Crippen molar-refractivity contribution in [2.24, 2.45) is 0 Å². The molecule has 1 unspecified atom stereocenters. The fourth-order valence-electron chi connectivity index (χ4n) is 3.81. The summed E-state index contributed by atoms with van der Waals surface area (Å²) < 4.78 is 7.48. The van der Waals surface area contributed by atoms with Crippen molar-refractivity contribution in [3.05, 3.63) is 60.2 Å². The van der Waals surface area contributed by atoms with Crippen molar-refractivity contribution in [1.82, 2.24) is 19.4 Å². The van der Waals surface area contributed by atoms with Crippen LogP contribution < -0.4 is 10.2 Å². The van der Waals surface area contributed by atoms with Gasteiger partial charge in [-0.3, -0.25) is 4.40 Å². The van der Waals surface area contributed by atoms with E-state index >= 15 is 0 Å². The highest BCUT2D eigenvalue weighted by Gasteiger charge is 2.17. The van der Waals surface area contributed by atoms with Crippen molar-refractivity contribution in [3.63, 3.8) is 0 Å². The molecule has 4 aromatic rings. The average Bonchev–Trinajstić information content (AvgIpc) is 3.28. The smallest absolute Gasteiger partial charge is 0.236 e. The molecule has 8 nitrogen and oxygen atoms in total. The van der Waals surface area contributed by atoms with Crippen LogP contribution in [0.3, 0.4) is 0 Å². The number of nitrogens with zero attached hydrogens (tertiary/aromatic N) is 6. The molecule has 0 bridgehead atoms. The van der Waals surface area contributed by atoms with E-state index in [2.05, 4.69) is 44.5 Å². The molecule has 1 aliphatic rings. The van der Waals surface area contributed by atoms with Crippen molar-refractivity contribution in [2.75, 3.05) is 36.5 Å². The number of benzene rings is 1. The van der Waals surface area contributed by atoms with Gasteiger partial charge in [0.05, 0.1) is 30.5 Å². The van der Waals surface area contributed by atoms with Crippen LogP contribution in [-0.2, 0) is 4.74 Å². The van der Waals surface area contributed by atoms with Crippen LogP contribution in [0.2, 0.25) is 0 Å². The molecule has 0 amide bonds. The first-order chi connectivity index (χ1) is 14.7. The molecule has 1 fully saturated rings. The normalized spacial score (nSPS) is 15.3. The molecule has 1 saturated heterocycles. The molecule has 1 atom stereocenters. The molecule has 0 spiro atoms. The van der Waals surface area contributed by atoms with E-state index in [1.54, 1.807) is 12.3 Å². The Hall–Kier alpha value is -3.70. The zero-order valence-electron chi connectivity index (χ0n) is 16.6. The van der Waals surface area contributed by atoms with E-state index in [1.165, 1.54) is 0 Å². The molecule has 3 aromatic heterocycles. The number of rotatable bonds is 4. The number of morpholine rings is 1. The van der Waals surface area contributed by atoms with Crippen molar-refractivity contribution < 1.29 is 4.74 Å². The van der Waals surface area contributed by atoms with E-state index in [-0.39, 0.29) is 6.04 Å². The Balaban J connectivity index is 1.58. The third-order valence-electron chi connectivity index (χ3n) is 5.39. The highest BCUT2D eigenvalue weighted by Crippen LogP contribution is 2.30. The maximum Gasteiger partial charge on any atom is 0.236 e. The van der Waals surface area contributed by atoms with Crippen molar-refractivity contribution in [1.29, 1.82) is 5.26 Å². The van der Waals surface area contributed by atoms with Crippen LogP contribution in [0.15, 0.2) is 48.8 Å². The van der Waals surface area contributed by atoms with Crippen LogP contribution in [0.1, 0.15) is 24.4 Å². The second-order valence-corrected chi connectivity index (χ2v) is 7.28. The number of fused-ring (bicyclic) bond motifs is 3. The Bertz CT molecular complexity index is 1250. The van der Waals surface area contributed by atoms with Crippen LogP contribution >= 0.6 is 0 Å². The Morgan fingerprint density at radius 3 is 2.87 bits per heavy atom. The molecule has 0 radical (unpaired) electrons. The standard InChI is InChI=1S/C22H21N7O/c1-15(19-4-2-3-16(14-23)26-19)25-21-18-13-17(28-9-11-30-12-10-28)5-6-20(18)29-8-7-24-22(29)27-21/h2-8,13,15H,9-12H2,1H3,(H,24,25,27). The highest BCUT2D eigenvalue weighted by molar-refractivity contribution is 5.93. The van der Waals surface area contributed by atoms with Crippen LogP contribution in [0, 0.1) is 11.3 Å². The molecular formula is C22H21N7O. The number of hydrogen-bond donors (Lipinski definition) is 1. The number of nitriles is 1. The van der Waals surface area contributed by atoms with Gasteiger partial charge in [-0.05, 0) is 37.3 Å². The summed E-state index contributed by atoms with van der Waals surface area (Å²) >= 11 is 0.